The highest BCUT2D eigenvalue weighted by atomic mass is 16.4. The van der Waals surface area contributed by atoms with Crippen molar-refractivity contribution in [3.63, 3.8) is 0 Å². The molecule has 2 unspecified atom stereocenters. The van der Waals surface area contributed by atoms with Crippen molar-refractivity contribution in [1.29, 1.82) is 0 Å². The minimum Gasteiger partial charge on any atom is -0.409 e. The summed E-state index contributed by atoms with van der Waals surface area (Å²) in [7, 11) is 0. The highest BCUT2D eigenvalue weighted by Gasteiger charge is 2.11. The van der Waals surface area contributed by atoms with Gasteiger partial charge in [0.25, 0.3) is 0 Å². The van der Waals surface area contributed by atoms with Gasteiger partial charge in [0.2, 0.25) is 0 Å². The van der Waals surface area contributed by atoms with E-state index in [9.17, 15) is 0 Å². The molecule has 0 radical (unpaired) electrons. The quantitative estimate of drug-likeness (QED) is 0.316. The van der Waals surface area contributed by atoms with Crippen molar-refractivity contribution in [3.05, 3.63) is 35.4 Å². The van der Waals surface area contributed by atoms with Crippen molar-refractivity contribution in [3.8, 4) is 0 Å². The first-order valence-electron chi connectivity index (χ1n) is 5.82. The van der Waals surface area contributed by atoms with Crippen LogP contribution in [0.3, 0.4) is 0 Å². The minimum absolute atomic E-state index is 0.0199. The maximum absolute atomic E-state index is 8.57. The van der Waals surface area contributed by atoms with Gasteiger partial charge in [-0.2, -0.15) is 0 Å². The van der Waals surface area contributed by atoms with Crippen LogP contribution in [0.5, 0.6) is 0 Å². The SMILES string of the molecule is Cc1ccccc1C(C)NCC(C)/C(N)=N/O. The molecule has 0 aliphatic carbocycles. The summed E-state index contributed by atoms with van der Waals surface area (Å²) in [5.74, 6) is 0.279. The lowest BCUT2D eigenvalue weighted by molar-refractivity contribution is 0.313. The monoisotopic (exact) mass is 235 g/mol. The fourth-order valence-electron chi connectivity index (χ4n) is 1.74. The molecule has 0 aliphatic rings. The zero-order valence-electron chi connectivity index (χ0n) is 10.6. The van der Waals surface area contributed by atoms with Crippen molar-refractivity contribution in [1.82, 2.24) is 5.32 Å². The van der Waals surface area contributed by atoms with Crippen LogP contribution in [0.1, 0.15) is 31.0 Å². The van der Waals surface area contributed by atoms with E-state index in [2.05, 4.69) is 36.5 Å². The second-order valence-corrected chi connectivity index (χ2v) is 4.41. The van der Waals surface area contributed by atoms with E-state index in [0.29, 0.717) is 6.54 Å². The molecule has 17 heavy (non-hydrogen) atoms. The molecule has 4 N–H and O–H groups in total. The van der Waals surface area contributed by atoms with Crippen LogP contribution in [-0.4, -0.2) is 17.6 Å². The number of aryl methyl sites for hydroxylation is 1. The number of nitrogens with zero attached hydrogens (tertiary/aromatic N) is 1. The molecule has 0 saturated carbocycles. The molecule has 0 heterocycles. The van der Waals surface area contributed by atoms with Crippen molar-refractivity contribution in [2.75, 3.05) is 6.54 Å². The van der Waals surface area contributed by atoms with Gasteiger partial charge in [0, 0.05) is 18.5 Å². The second kappa shape index (κ2) is 6.25. The Hall–Kier alpha value is -1.55. The molecule has 0 spiro atoms. The van der Waals surface area contributed by atoms with Gasteiger partial charge in [-0.1, -0.05) is 36.3 Å². The Morgan fingerprint density at radius 3 is 2.65 bits per heavy atom. The summed E-state index contributed by atoms with van der Waals surface area (Å²) in [6.45, 7) is 6.82. The smallest absolute Gasteiger partial charge is 0.143 e. The molecule has 1 aromatic rings. The Morgan fingerprint density at radius 2 is 2.06 bits per heavy atom. The maximum atomic E-state index is 8.57. The van der Waals surface area contributed by atoms with Crippen LogP contribution in [0.2, 0.25) is 0 Å². The summed E-state index contributed by atoms with van der Waals surface area (Å²) in [6, 6.07) is 8.53. The van der Waals surface area contributed by atoms with E-state index in [-0.39, 0.29) is 17.8 Å². The van der Waals surface area contributed by atoms with Crippen LogP contribution in [0, 0.1) is 12.8 Å². The first-order valence-corrected chi connectivity index (χ1v) is 5.82. The van der Waals surface area contributed by atoms with Crippen LogP contribution < -0.4 is 11.1 Å². The van der Waals surface area contributed by atoms with Gasteiger partial charge >= 0.3 is 0 Å². The molecule has 4 nitrogen and oxygen atoms in total. The first kappa shape index (κ1) is 13.5. The molecule has 4 heteroatoms. The highest BCUT2D eigenvalue weighted by molar-refractivity contribution is 5.82. The lowest BCUT2D eigenvalue weighted by atomic mass is 10.0. The Kier molecular flexibility index (Phi) is 4.97. The fourth-order valence-corrected chi connectivity index (χ4v) is 1.74. The third-order valence-electron chi connectivity index (χ3n) is 3.01. The van der Waals surface area contributed by atoms with Gasteiger partial charge < -0.3 is 16.3 Å². The van der Waals surface area contributed by atoms with Crippen LogP contribution in [-0.2, 0) is 0 Å². The molecule has 0 aromatic heterocycles. The number of amidine groups is 1. The van der Waals surface area contributed by atoms with Crippen LogP contribution in [0.15, 0.2) is 29.4 Å². The minimum atomic E-state index is 0.0199. The van der Waals surface area contributed by atoms with E-state index in [0.717, 1.165) is 0 Å². The molecule has 1 rings (SSSR count). The average Bonchev–Trinajstić information content (AvgIpc) is 2.35. The number of rotatable bonds is 5. The standard InChI is InChI=1S/C13H21N3O/c1-9-6-4-5-7-12(9)11(3)15-8-10(2)13(14)16-17/h4-7,10-11,15,17H,8H2,1-3H3,(H2,14,16). The number of nitrogens with one attached hydrogen (secondary N) is 1. The average molecular weight is 235 g/mol. The zero-order valence-corrected chi connectivity index (χ0v) is 10.6. The molecular weight excluding hydrogens is 214 g/mol. The van der Waals surface area contributed by atoms with Gasteiger partial charge in [0.05, 0.1) is 0 Å². The summed E-state index contributed by atoms with van der Waals surface area (Å²) in [4.78, 5) is 0. The summed E-state index contributed by atoms with van der Waals surface area (Å²) in [5, 5.41) is 15.0. The van der Waals surface area contributed by atoms with E-state index in [1.165, 1.54) is 11.1 Å². The normalized spacial score (nSPS) is 15.6. The third-order valence-corrected chi connectivity index (χ3v) is 3.01. The Balaban J connectivity index is 2.56. The molecule has 0 amide bonds. The number of benzene rings is 1. The molecular formula is C13H21N3O. The molecule has 0 fully saturated rings. The Labute approximate surface area is 103 Å². The first-order chi connectivity index (χ1) is 8.06. The van der Waals surface area contributed by atoms with Crippen LogP contribution >= 0.6 is 0 Å². The fraction of sp³-hybridized carbons (Fsp3) is 0.462. The van der Waals surface area contributed by atoms with Gasteiger partial charge in [-0.05, 0) is 25.0 Å². The van der Waals surface area contributed by atoms with Gasteiger partial charge in [-0.15, -0.1) is 0 Å². The summed E-state index contributed by atoms with van der Waals surface area (Å²) in [6.07, 6.45) is 0. The molecule has 0 bridgehead atoms. The predicted molar refractivity (Wildman–Crippen MR) is 70.2 cm³/mol. The largest absolute Gasteiger partial charge is 0.409 e. The molecule has 2 atom stereocenters. The van der Waals surface area contributed by atoms with Gasteiger partial charge in [-0.25, -0.2) is 0 Å². The summed E-state index contributed by atoms with van der Waals surface area (Å²) < 4.78 is 0. The summed E-state index contributed by atoms with van der Waals surface area (Å²) >= 11 is 0. The van der Waals surface area contributed by atoms with E-state index in [4.69, 9.17) is 10.9 Å². The van der Waals surface area contributed by atoms with E-state index >= 15 is 0 Å². The van der Waals surface area contributed by atoms with Gasteiger partial charge in [0.1, 0.15) is 5.84 Å². The van der Waals surface area contributed by atoms with Gasteiger partial charge in [0.15, 0.2) is 0 Å². The van der Waals surface area contributed by atoms with Crippen molar-refractivity contribution < 1.29 is 5.21 Å². The lowest BCUT2D eigenvalue weighted by Crippen LogP contribution is -2.32. The van der Waals surface area contributed by atoms with Crippen molar-refractivity contribution in [2.24, 2.45) is 16.8 Å². The molecule has 0 aliphatic heterocycles. The number of nitrogens with two attached hydrogens (primary N) is 1. The highest BCUT2D eigenvalue weighted by Crippen LogP contribution is 2.16. The zero-order chi connectivity index (χ0) is 12.8. The molecule has 0 saturated heterocycles. The van der Waals surface area contributed by atoms with E-state index in [1.807, 2.05) is 19.1 Å². The number of hydrogen-bond donors (Lipinski definition) is 3. The predicted octanol–water partition coefficient (Wildman–Crippen LogP) is 2.03. The Morgan fingerprint density at radius 1 is 1.41 bits per heavy atom. The van der Waals surface area contributed by atoms with Crippen molar-refractivity contribution in [2.45, 2.75) is 26.8 Å². The van der Waals surface area contributed by atoms with Gasteiger partial charge in [-0.3, -0.25) is 0 Å². The number of oxime groups is 1. The third kappa shape index (κ3) is 3.75. The number of hydrogen-bond acceptors (Lipinski definition) is 3. The van der Waals surface area contributed by atoms with E-state index in [1.54, 1.807) is 0 Å². The topological polar surface area (TPSA) is 70.6 Å². The molecule has 1 aromatic carbocycles. The van der Waals surface area contributed by atoms with Crippen LogP contribution in [0.25, 0.3) is 0 Å². The van der Waals surface area contributed by atoms with Crippen molar-refractivity contribution >= 4 is 5.84 Å². The maximum Gasteiger partial charge on any atom is 0.143 e. The van der Waals surface area contributed by atoms with E-state index < -0.39 is 0 Å². The lowest BCUT2D eigenvalue weighted by Gasteiger charge is -2.19. The van der Waals surface area contributed by atoms with Crippen LogP contribution in [0.4, 0.5) is 0 Å². The molecule has 94 valence electrons. The summed E-state index contributed by atoms with van der Waals surface area (Å²) in [5.41, 5.74) is 8.08. The Bertz CT molecular complexity index is 390. The second-order valence-electron chi connectivity index (χ2n) is 4.41.